The first kappa shape index (κ1) is 18.1. The van der Waals surface area contributed by atoms with Gasteiger partial charge in [0.25, 0.3) is 0 Å². The topological polar surface area (TPSA) is 56.5 Å². The Kier molecular flexibility index (Phi) is 12.1. The van der Waals surface area contributed by atoms with Crippen LogP contribution in [0.25, 0.3) is 0 Å². The highest BCUT2D eigenvalue weighted by Gasteiger charge is 2.33. The van der Waals surface area contributed by atoms with E-state index in [2.05, 4.69) is 26.1 Å². The summed E-state index contributed by atoms with van der Waals surface area (Å²) in [6.07, 6.45) is 3.42. The number of nitrogens with two attached hydrogens (primary N) is 1. The maximum atomic E-state index is 5.94. The molecule has 0 heterocycles. The SMILES string of the molecule is CCO[Si](CC)(CCCNCCCCN)OCC. The van der Waals surface area contributed by atoms with Gasteiger partial charge in [0.15, 0.2) is 0 Å². The smallest absolute Gasteiger partial charge is 0.337 e. The summed E-state index contributed by atoms with van der Waals surface area (Å²) in [6.45, 7) is 10.8. The molecule has 0 fully saturated rings. The van der Waals surface area contributed by atoms with Gasteiger partial charge in [-0.05, 0) is 64.8 Å². The van der Waals surface area contributed by atoms with E-state index >= 15 is 0 Å². The summed E-state index contributed by atoms with van der Waals surface area (Å²) in [7, 11) is -1.90. The van der Waals surface area contributed by atoms with Crippen LogP contribution < -0.4 is 11.1 Å². The second kappa shape index (κ2) is 12.1. The van der Waals surface area contributed by atoms with Gasteiger partial charge in [0.2, 0.25) is 0 Å². The van der Waals surface area contributed by atoms with Crippen LogP contribution in [-0.2, 0) is 8.85 Å². The van der Waals surface area contributed by atoms with Crippen LogP contribution in [0.5, 0.6) is 0 Å². The van der Waals surface area contributed by atoms with Crippen molar-refractivity contribution in [1.82, 2.24) is 5.32 Å². The van der Waals surface area contributed by atoms with E-state index in [-0.39, 0.29) is 0 Å². The van der Waals surface area contributed by atoms with E-state index < -0.39 is 8.56 Å². The van der Waals surface area contributed by atoms with Crippen LogP contribution in [0.3, 0.4) is 0 Å². The summed E-state index contributed by atoms with van der Waals surface area (Å²) < 4.78 is 11.9. The van der Waals surface area contributed by atoms with Crippen molar-refractivity contribution in [2.24, 2.45) is 5.73 Å². The van der Waals surface area contributed by atoms with Crippen LogP contribution >= 0.6 is 0 Å². The van der Waals surface area contributed by atoms with E-state index in [9.17, 15) is 0 Å². The third-order valence-corrected chi connectivity index (χ3v) is 6.89. The minimum absolute atomic E-state index is 0.768. The van der Waals surface area contributed by atoms with Crippen LogP contribution in [0.2, 0.25) is 12.1 Å². The maximum absolute atomic E-state index is 5.94. The molecule has 0 unspecified atom stereocenters. The van der Waals surface area contributed by atoms with Crippen molar-refractivity contribution in [3.63, 3.8) is 0 Å². The fourth-order valence-electron chi connectivity index (χ4n) is 2.10. The zero-order chi connectivity index (χ0) is 13.7. The van der Waals surface area contributed by atoms with Crippen LogP contribution in [0.15, 0.2) is 0 Å². The van der Waals surface area contributed by atoms with E-state index in [0.717, 1.165) is 57.8 Å². The summed E-state index contributed by atoms with van der Waals surface area (Å²) in [5, 5.41) is 3.46. The van der Waals surface area contributed by atoms with E-state index in [4.69, 9.17) is 14.6 Å². The highest BCUT2D eigenvalue weighted by Crippen LogP contribution is 2.20. The molecular weight excluding hydrogens is 244 g/mol. The van der Waals surface area contributed by atoms with Crippen molar-refractivity contribution in [2.75, 3.05) is 32.8 Å². The Balaban J connectivity index is 3.75. The predicted molar refractivity (Wildman–Crippen MR) is 80.1 cm³/mol. The molecule has 0 amide bonds. The van der Waals surface area contributed by atoms with Crippen molar-refractivity contribution < 1.29 is 8.85 Å². The molecule has 110 valence electrons. The van der Waals surface area contributed by atoms with Gasteiger partial charge in [0, 0.05) is 13.2 Å². The highest BCUT2D eigenvalue weighted by atomic mass is 28.4. The number of hydrogen-bond acceptors (Lipinski definition) is 4. The van der Waals surface area contributed by atoms with Gasteiger partial charge in [-0.3, -0.25) is 0 Å². The Morgan fingerprint density at radius 3 is 2.06 bits per heavy atom. The molecule has 0 bridgehead atoms. The number of rotatable bonds is 13. The van der Waals surface area contributed by atoms with Crippen LogP contribution in [0.4, 0.5) is 0 Å². The third-order valence-electron chi connectivity index (χ3n) is 3.07. The van der Waals surface area contributed by atoms with Gasteiger partial charge in [0.1, 0.15) is 0 Å². The van der Waals surface area contributed by atoms with Gasteiger partial charge < -0.3 is 19.9 Å². The van der Waals surface area contributed by atoms with Crippen molar-refractivity contribution in [2.45, 2.75) is 52.1 Å². The molecule has 0 aliphatic rings. The van der Waals surface area contributed by atoms with E-state index in [0.29, 0.717) is 0 Å². The van der Waals surface area contributed by atoms with Gasteiger partial charge in [-0.15, -0.1) is 0 Å². The third kappa shape index (κ3) is 8.21. The number of hydrogen-bond donors (Lipinski definition) is 2. The van der Waals surface area contributed by atoms with Crippen molar-refractivity contribution in [3.8, 4) is 0 Å². The summed E-state index contributed by atoms with van der Waals surface area (Å²) in [4.78, 5) is 0. The predicted octanol–water partition coefficient (Wildman–Crippen LogP) is 2.24. The van der Waals surface area contributed by atoms with Crippen LogP contribution in [0, 0.1) is 0 Å². The largest absolute Gasteiger partial charge is 0.394 e. The number of nitrogens with one attached hydrogen (secondary N) is 1. The zero-order valence-electron chi connectivity index (χ0n) is 12.5. The van der Waals surface area contributed by atoms with Crippen molar-refractivity contribution in [1.29, 1.82) is 0 Å². The molecule has 0 rings (SSSR count). The molecule has 0 aliphatic heterocycles. The standard InChI is InChI=1S/C13H32N2O2Si/c1-4-16-18(6-3,17-5-2)13-9-12-15-11-8-7-10-14/h15H,4-14H2,1-3H3. The highest BCUT2D eigenvalue weighted by molar-refractivity contribution is 6.67. The molecule has 0 aromatic heterocycles. The molecule has 0 aromatic carbocycles. The molecule has 0 saturated carbocycles. The maximum Gasteiger partial charge on any atom is 0.337 e. The minimum Gasteiger partial charge on any atom is -0.394 e. The summed E-state index contributed by atoms with van der Waals surface area (Å²) in [5.74, 6) is 0. The lowest BCUT2D eigenvalue weighted by molar-refractivity contribution is 0.182. The van der Waals surface area contributed by atoms with Crippen molar-refractivity contribution >= 4 is 8.56 Å². The molecule has 0 aliphatic carbocycles. The van der Waals surface area contributed by atoms with Gasteiger partial charge >= 0.3 is 8.56 Å². The lowest BCUT2D eigenvalue weighted by Gasteiger charge is -2.29. The molecular formula is C13H32N2O2Si. The van der Waals surface area contributed by atoms with Crippen LogP contribution in [0.1, 0.15) is 40.0 Å². The Morgan fingerprint density at radius 2 is 1.56 bits per heavy atom. The van der Waals surface area contributed by atoms with Gasteiger partial charge in [0.05, 0.1) is 0 Å². The Bertz CT molecular complexity index is 176. The molecule has 0 spiro atoms. The normalized spacial score (nSPS) is 12.0. The fraction of sp³-hybridized carbons (Fsp3) is 1.00. The summed E-state index contributed by atoms with van der Waals surface area (Å²) in [6, 6.07) is 2.14. The Morgan fingerprint density at radius 1 is 0.944 bits per heavy atom. The second-order valence-corrected chi connectivity index (χ2v) is 8.09. The minimum atomic E-state index is -1.90. The molecule has 18 heavy (non-hydrogen) atoms. The average molecular weight is 276 g/mol. The molecule has 0 radical (unpaired) electrons. The first-order valence-electron chi connectivity index (χ1n) is 7.43. The lowest BCUT2D eigenvalue weighted by Crippen LogP contribution is -2.42. The van der Waals surface area contributed by atoms with Crippen LogP contribution in [-0.4, -0.2) is 41.4 Å². The van der Waals surface area contributed by atoms with E-state index in [1.165, 1.54) is 6.42 Å². The van der Waals surface area contributed by atoms with Gasteiger partial charge in [-0.25, -0.2) is 0 Å². The number of unbranched alkanes of at least 4 members (excludes halogenated alkanes) is 1. The molecule has 3 N–H and O–H groups in total. The second-order valence-electron chi connectivity index (χ2n) is 4.48. The monoisotopic (exact) mass is 276 g/mol. The Labute approximate surface area is 114 Å². The quantitative estimate of drug-likeness (QED) is 0.400. The molecule has 0 aromatic rings. The van der Waals surface area contributed by atoms with E-state index in [1.807, 2.05) is 0 Å². The Hall–Kier alpha value is 0.0569. The first-order valence-corrected chi connectivity index (χ1v) is 9.66. The van der Waals surface area contributed by atoms with Gasteiger partial charge in [-0.1, -0.05) is 6.92 Å². The summed E-state index contributed by atoms with van der Waals surface area (Å²) >= 11 is 0. The fourth-order valence-corrected chi connectivity index (χ4v) is 5.00. The van der Waals surface area contributed by atoms with Gasteiger partial charge in [-0.2, -0.15) is 0 Å². The van der Waals surface area contributed by atoms with Crippen molar-refractivity contribution in [3.05, 3.63) is 0 Å². The van der Waals surface area contributed by atoms with E-state index in [1.54, 1.807) is 0 Å². The average Bonchev–Trinajstić information content (AvgIpc) is 2.38. The lowest BCUT2D eigenvalue weighted by atomic mass is 10.3. The first-order chi connectivity index (χ1) is 8.74. The molecule has 5 heteroatoms. The zero-order valence-corrected chi connectivity index (χ0v) is 13.5. The summed E-state index contributed by atoms with van der Waals surface area (Å²) in [5.41, 5.74) is 5.46. The molecule has 4 nitrogen and oxygen atoms in total. The molecule has 0 atom stereocenters. The molecule has 0 saturated heterocycles.